The standard InChI is InChI=1S/CH5N3O.N3O4/c2-1(3)4-5;4-2(5)1-3(6)7/h5H,(H4,2,3,4);/q;-1/p+1. The number of hydrogen-bond donors (Lipinski definition) is 4. The molecular weight excluding hydrogens is 176 g/mol. The van der Waals surface area contributed by atoms with Crippen LogP contribution in [-0.2, 0) is 0 Å². The van der Waals surface area contributed by atoms with E-state index in [9.17, 15) is 0 Å². The Kier molecular flexibility index (Phi) is 6.99. The van der Waals surface area contributed by atoms with Crippen molar-refractivity contribution in [2.24, 2.45) is 11.5 Å². The van der Waals surface area contributed by atoms with Gasteiger partial charge in [0, 0.05) is 10.1 Å². The lowest BCUT2D eigenvalue weighted by Crippen LogP contribution is -2.74. The van der Waals surface area contributed by atoms with Crippen molar-refractivity contribution < 1.29 is 20.4 Å². The van der Waals surface area contributed by atoms with Crippen LogP contribution in [0.3, 0.4) is 0 Å². The van der Waals surface area contributed by atoms with Crippen molar-refractivity contribution in [1.29, 1.82) is 0 Å². The molecular formula is CH6N6O5. The van der Waals surface area contributed by atoms with Crippen LogP contribution < -0.4 is 16.6 Å². The van der Waals surface area contributed by atoms with Crippen LogP contribution in [0, 0.1) is 20.2 Å². The van der Waals surface area contributed by atoms with E-state index in [1.807, 2.05) is 0 Å². The summed E-state index contributed by atoms with van der Waals surface area (Å²) in [6, 6.07) is 0. The maximum Gasteiger partial charge on any atom is 0.375 e. The van der Waals surface area contributed by atoms with Gasteiger partial charge in [0.25, 0.3) is 0 Å². The number of nitrogens with one attached hydrogen (secondary N) is 1. The van der Waals surface area contributed by atoms with E-state index in [-0.39, 0.29) is 5.96 Å². The number of nitrogens with two attached hydrogens (primary N) is 2. The quantitative estimate of drug-likeness (QED) is 0.112. The van der Waals surface area contributed by atoms with Gasteiger partial charge in [0.15, 0.2) is 0 Å². The Bertz CT molecular complexity index is 170. The largest absolute Gasteiger partial charge is 0.379 e. The first-order chi connectivity index (χ1) is 5.40. The third-order valence-electron chi connectivity index (χ3n) is 0.275. The molecule has 0 aromatic carbocycles. The van der Waals surface area contributed by atoms with E-state index < -0.39 is 10.1 Å². The molecule has 0 amide bonds. The number of hydrogen-bond acceptors (Lipinski definition) is 5. The number of nitro groups is 2. The Morgan fingerprint density at radius 1 is 1.33 bits per heavy atom. The fourth-order valence-electron chi connectivity index (χ4n) is 0.0596. The zero-order valence-corrected chi connectivity index (χ0v) is 5.58. The van der Waals surface area contributed by atoms with Crippen molar-refractivity contribution in [3.63, 3.8) is 0 Å². The minimum absolute atomic E-state index is 0.190. The number of guanidine groups is 1. The summed E-state index contributed by atoms with van der Waals surface area (Å²) >= 11 is 0. The second kappa shape index (κ2) is 6.79. The van der Waals surface area contributed by atoms with Crippen LogP contribution in [0.4, 0.5) is 0 Å². The van der Waals surface area contributed by atoms with Gasteiger partial charge in [-0.2, -0.15) is 0 Å². The van der Waals surface area contributed by atoms with Gasteiger partial charge in [0.2, 0.25) is 0 Å². The molecule has 11 heteroatoms. The molecule has 11 nitrogen and oxygen atoms in total. The Balaban J connectivity index is 0. The normalized spacial score (nSPS) is 7.00. The van der Waals surface area contributed by atoms with Crippen molar-refractivity contribution in [3.8, 4) is 0 Å². The van der Waals surface area contributed by atoms with Crippen LogP contribution in [0.2, 0.25) is 0 Å². The second-order valence-electron chi connectivity index (χ2n) is 1.13. The molecule has 0 spiro atoms. The van der Waals surface area contributed by atoms with Gasteiger partial charge in [-0.05, 0) is 5.53 Å². The van der Waals surface area contributed by atoms with Crippen LogP contribution in [0.1, 0.15) is 0 Å². The predicted octanol–water partition coefficient (Wildman–Crippen LogP) is -3.53. The Hall–Kier alpha value is -2.33. The molecule has 0 aliphatic rings. The predicted molar refractivity (Wildman–Crippen MR) is 33.5 cm³/mol. The highest BCUT2D eigenvalue weighted by molar-refractivity contribution is 5.68. The van der Waals surface area contributed by atoms with E-state index in [2.05, 4.69) is 11.5 Å². The van der Waals surface area contributed by atoms with E-state index in [1.54, 1.807) is 5.53 Å². The van der Waals surface area contributed by atoms with Gasteiger partial charge in [-0.25, -0.2) is 0 Å². The third kappa shape index (κ3) is 25.3. The van der Waals surface area contributed by atoms with Crippen molar-refractivity contribution in [2.45, 2.75) is 0 Å². The van der Waals surface area contributed by atoms with Crippen molar-refractivity contribution in [3.05, 3.63) is 25.8 Å². The lowest BCUT2D eigenvalue weighted by molar-refractivity contribution is -0.738. The zero-order chi connectivity index (χ0) is 10.1. The van der Waals surface area contributed by atoms with Gasteiger partial charge in [0.05, 0.1) is 0 Å². The summed E-state index contributed by atoms with van der Waals surface area (Å²) in [6.07, 6.45) is 0. The van der Waals surface area contributed by atoms with E-state index >= 15 is 0 Å². The topological polar surface area (TPSA) is 187 Å². The molecule has 70 valence electrons. The Labute approximate surface area is 64.9 Å². The molecule has 0 saturated carbocycles. The number of rotatable bonds is 2. The molecule has 0 fully saturated rings. The molecule has 0 unspecified atom stereocenters. The molecule has 0 bridgehead atoms. The first-order valence-corrected chi connectivity index (χ1v) is 2.18. The lowest BCUT2D eigenvalue weighted by Gasteiger charge is -1.92. The van der Waals surface area contributed by atoms with E-state index in [0.717, 1.165) is 0 Å². The fraction of sp³-hybridized carbons (Fsp3) is 0. The molecule has 0 saturated heterocycles. The lowest BCUT2D eigenvalue weighted by atomic mass is 11.1. The summed E-state index contributed by atoms with van der Waals surface area (Å²) in [5, 5.41) is 24.4. The van der Waals surface area contributed by atoms with Gasteiger partial charge >= 0.3 is 5.96 Å². The molecule has 0 atom stereocenters. The molecule has 0 aromatic heterocycles. The molecule has 0 aromatic rings. The molecule has 0 rings (SSSR count). The van der Waals surface area contributed by atoms with Gasteiger partial charge in [-0.1, -0.05) is 0 Å². The number of nitrogens with zero attached hydrogens (tertiary/aromatic N) is 3. The maximum absolute atomic E-state index is 9.01. The second-order valence-corrected chi connectivity index (χ2v) is 1.13. The maximum atomic E-state index is 9.01. The van der Waals surface area contributed by atoms with Crippen LogP contribution >= 0.6 is 0 Å². The van der Waals surface area contributed by atoms with Gasteiger partial charge in [0.1, 0.15) is 0 Å². The van der Waals surface area contributed by atoms with Crippen molar-refractivity contribution in [1.82, 2.24) is 0 Å². The zero-order valence-electron chi connectivity index (χ0n) is 5.58. The Morgan fingerprint density at radius 3 is 1.58 bits per heavy atom. The SMILES string of the molecule is NC(N)=[NH+]O.O=[N+]([O-])[N-][N+](=O)[O-]. The van der Waals surface area contributed by atoms with Crippen molar-refractivity contribution in [2.75, 3.05) is 0 Å². The average Bonchev–Trinajstić information content (AvgIpc) is 1.85. The molecule has 0 aliphatic heterocycles. The van der Waals surface area contributed by atoms with Crippen LogP contribution in [0.5, 0.6) is 0 Å². The summed E-state index contributed by atoms with van der Waals surface area (Å²) in [5.74, 6) is -0.190. The van der Waals surface area contributed by atoms with Crippen LogP contribution in [0.25, 0.3) is 5.53 Å². The molecule has 0 radical (unpaired) electrons. The summed E-state index contributed by atoms with van der Waals surface area (Å²) in [5.41, 5.74) is 11.0. The van der Waals surface area contributed by atoms with E-state index in [4.69, 9.17) is 25.4 Å². The summed E-state index contributed by atoms with van der Waals surface area (Å²) < 4.78 is 0. The highest BCUT2D eigenvalue weighted by Gasteiger charge is 1.84. The summed E-state index contributed by atoms with van der Waals surface area (Å²) in [6.45, 7) is 0. The minimum atomic E-state index is -1.38. The van der Waals surface area contributed by atoms with Crippen molar-refractivity contribution >= 4 is 5.96 Å². The molecule has 0 heterocycles. The molecule has 12 heavy (non-hydrogen) atoms. The Morgan fingerprint density at radius 2 is 1.58 bits per heavy atom. The average molecular weight is 182 g/mol. The highest BCUT2D eigenvalue weighted by Crippen LogP contribution is 1.82. The first-order valence-electron chi connectivity index (χ1n) is 2.18. The van der Waals surface area contributed by atoms with Gasteiger partial charge in [-0.3, -0.25) is 31.7 Å². The van der Waals surface area contributed by atoms with E-state index in [1.165, 1.54) is 5.16 Å². The molecule has 6 N–H and O–H groups in total. The smallest absolute Gasteiger partial charge is 0.375 e. The first kappa shape index (κ1) is 12.4. The van der Waals surface area contributed by atoms with Crippen LogP contribution in [0.15, 0.2) is 0 Å². The summed E-state index contributed by atoms with van der Waals surface area (Å²) in [4.78, 5) is 18.0. The third-order valence-corrected chi connectivity index (χ3v) is 0.275. The highest BCUT2D eigenvalue weighted by atomic mass is 16.8. The monoisotopic (exact) mass is 182 g/mol. The molecule has 0 aliphatic carbocycles. The van der Waals surface area contributed by atoms with Gasteiger partial charge < -0.3 is 5.21 Å². The van der Waals surface area contributed by atoms with E-state index in [0.29, 0.717) is 0 Å². The van der Waals surface area contributed by atoms with Gasteiger partial charge in [-0.15, -0.1) is 5.16 Å². The summed E-state index contributed by atoms with van der Waals surface area (Å²) in [7, 11) is 0. The van der Waals surface area contributed by atoms with Crippen LogP contribution in [-0.4, -0.2) is 21.2 Å². The minimum Gasteiger partial charge on any atom is -0.379 e. The fourth-order valence-corrected chi connectivity index (χ4v) is 0.0596.